The van der Waals surface area contributed by atoms with Crippen LogP contribution < -0.4 is 14.4 Å². The van der Waals surface area contributed by atoms with Crippen LogP contribution in [0.5, 0.6) is 11.5 Å². The third kappa shape index (κ3) is 2.01. The van der Waals surface area contributed by atoms with Crippen molar-refractivity contribution in [1.29, 1.82) is 0 Å². The van der Waals surface area contributed by atoms with E-state index in [1.54, 1.807) is 11.8 Å². The number of hydrogen-bond donors (Lipinski definition) is 0. The molecule has 3 heterocycles. The summed E-state index contributed by atoms with van der Waals surface area (Å²) >= 11 is 0. The summed E-state index contributed by atoms with van der Waals surface area (Å²) in [5.74, 6) is 2.47. The van der Waals surface area contributed by atoms with Crippen molar-refractivity contribution >= 4 is 11.6 Å². The Morgan fingerprint density at radius 2 is 2.14 bits per heavy atom. The van der Waals surface area contributed by atoms with Gasteiger partial charge in [-0.1, -0.05) is 5.16 Å². The fourth-order valence-corrected chi connectivity index (χ4v) is 2.66. The molecular formula is C14H13N3O4. The van der Waals surface area contributed by atoms with Gasteiger partial charge in [0.15, 0.2) is 17.3 Å². The summed E-state index contributed by atoms with van der Waals surface area (Å²) in [7, 11) is 0. The Labute approximate surface area is 120 Å². The van der Waals surface area contributed by atoms with Crippen molar-refractivity contribution in [3.8, 4) is 11.5 Å². The maximum absolute atomic E-state index is 12.2. The number of benzene rings is 1. The first kappa shape index (κ1) is 12.2. The highest BCUT2D eigenvalue weighted by Gasteiger charge is 2.34. The summed E-state index contributed by atoms with van der Waals surface area (Å²) in [4.78, 5) is 18.2. The summed E-state index contributed by atoms with van der Waals surface area (Å²) in [6, 6.07) is 5.50. The van der Waals surface area contributed by atoms with Gasteiger partial charge in [-0.25, -0.2) is 0 Å². The fourth-order valence-electron chi connectivity index (χ4n) is 2.66. The molecule has 1 aromatic heterocycles. The van der Waals surface area contributed by atoms with Crippen molar-refractivity contribution in [2.24, 2.45) is 0 Å². The average molecular weight is 287 g/mol. The Morgan fingerprint density at radius 3 is 2.95 bits per heavy atom. The second-order valence-corrected chi connectivity index (χ2v) is 5.11. The van der Waals surface area contributed by atoms with Gasteiger partial charge in [0, 0.05) is 37.6 Å². The highest BCUT2D eigenvalue weighted by atomic mass is 16.7. The molecule has 2 aromatic rings. The maximum Gasteiger partial charge on any atom is 0.231 e. The number of ether oxygens (including phenoxy) is 2. The maximum atomic E-state index is 12.2. The number of carbonyl (C=O) groups excluding carboxylic acids is 1. The number of amides is 1. The van der Waals surface area contributed by atoms with Crippen molar-refractivity contribution in [2.75, 3.05) is 18.2 Å². The van der Waals surface area contributed by atoms with E-state index in [2.05, 4.69) is 10.1 Å². The van der Waals surface area contributed by atoms with Crippen LogP contribution in [0.2, 0.25) is 0 Å². The molecule has 0 saturated carbocycles. The largest absolute Gasteiger partial charge is 0.454 e. The highest BCUT2D eigenvalue weighted by molar-refractivity contribution is 5.96. The molecule has 2 aliphatic heterocycles. The normalized spacial score (nSPS) is 20.3. The van der Waals surface area contributed by atoms with Crippen LogP contribution in [0.1, 0.15) is 24.1 Å². The number of aromatic nitrogens is 2. The molecule has 0 N–H and O–H groups in total. The zero-order valence-corrected chi connectivity index (χ0v) is 11.4. The predicted molar refractivity (Wildman–Crippen MR) is 71.3 cm³/mol. The second kappa shape index (κ2) is 4.47. The van der Waals surface area contributed by atoms with E-state index in [0.29, 0.717) is 36.2 Å². The minimum Gasteiger partial charge on any atom is -0.454 e. The van der Waals surface area contributed by atoms with E-state index >= 15 is 0 Å². The molecule has 0 spiro atoms. The molecule has 4 rings (SSSR count). The zero-order chi connectivity index (χ0) is 14.4. The summed E-state index contributed by atoms with van der Waals surface area (Å²) < 4.78 is 15.6. The molecular weight excluding hydrogens is 274 g/mol. The lowest BCUT2D eigenvalue weighted by Crippen LogP contribution is -2.24. The summed E-state index contributed by atoms with van der Waals surface area (Å²) in [6.07, 6.45) is 0.382. The van der Waals surface area contributed by atoms with Gasteiger partial charge in [0.2, 0.25) is 18.6 Å². The van der Waals surface area contributed by atoms with E-state index in [1.165, 1.54) is 0 Å². The van der Waals surface area contributed by atoms with Crippen LogP contribution in [-0.2, 0) is 4.79 Å². The molecule has 0 aliphatic carbocycles. The van der Waals surface area contributed by atoms with Crippen molar-refractivity contribution in [3.05, 3.63) is 29.9 Å². The molecule has 1 amide bonds. The summed E-state index contributed by atoms with van der Waals surface area (Å²) in [5, 5.41) is 3.91. The first-order chi connectivity index (χ1) is 10.2. The van der Waals surface area contributed by atoms with Gasteiger partial charge in [-0.2, -0.15) is 4.98 Å². The third-order valence-corrected chi connectivity index (χ3v) is 3.70. The van der Waals surface area contributed by atoms with Gasteiger partial charge >= 0.3 is 0 Å². The van der Waals surface area contributed by atoms with Gasteiger partial charge in [-0.15, -0.1) is 0 Å². The van der Waals surface area contributed by atoms with Crippen LogP contribution in [0.4, 0.5) is 5.69 Å². The monoisotopic (exact) mass is 287 g/mol. The predicted octanol–water partition coefficient (Wildman–Crippen LogP) is 1.63. The molecule has 7 heteroatoms. The third-order valence-electron chi connectivity index (χ3n) is 3.70. The number of nitrogens with zero attached hydrogens (tertiary/aromatic N) is 3. The standard InChI is InChI=1S/C14H13N3O4/c1-8-15-14(16-21-8)9-4-13(18)17(6-9)10-2-3-11-12(5-10)20-7-19-11/h2-3,5,9H,4,6-7H2,1H3/t9-/m1/s1. The number of fused-ring (bicyclic) bond motifs is 1. The number of rotatable bonds is 2. The molecule has 7 nitrogen and oxygen atoms in total. The van der Waals surface area contributed by atoms with Crippen LogP contribution in [0.25, 0.3) is 0 Å². The van der Waals surface area contributed by atoms with Gasteiger partial charge in [0.25, 0.3) is 0 Å². The van der Waals surface area contributed by atoms with Crippen LogP contribution in [-0.4, -0.2) is 29.4 Å². The van der Waals surface area contributed by atoms with Gasteiger partial charge in [0.05, 0.1) is 0 Å². The van der Waals surface area contributed by atoms with E-state index in [1.807, 2.05) is 18.2 Å². The first-order valence-corrected chi connectivity index (χ1v) is 6.71. The van der Waals surface area contributed by atoms with Crippen LogP contribution in [0, 0.1) is 6.92 Å². The molecule has 0 unspecified atom stereocenters. The number of aryl methyl sites for hydroxylation is 1. The van der Waals surface area contributed by atoms with Crippen LogP contribution in [0.3, 0.4) is 0 Å². The molecule has 21 heavy (non-hydrogen) atoms. The molecule has 1 fully saturated rings. The van der Waals surface area contributed by atoms with Gasteiger partial charge in [0.1, 0.15) is 0 Å². The molecule has 0 bridgehead atoms. The SMILES string of the molecule is Cc1nc([C@@H]2CC(=O)N(c3ccc4c(c3)OCO4)C2)no1. The van der Waals surface area contributed by atoms with Crippen molar-refractivity contribution < 1.29 is 18.8 Å². The summed E-state index contributed by atoms with van der Waals surface area (Å²) in [5.41, 5.74) is 0.798. The van der Waals surface area contributed by atoms with Crippen molar-refractivity contribution in [1.82, 2.24) is 10.1 Å². The smallest absolute Gasteiger partial charge is 0.231 e. The number of hydrogen-bond acceptors (Lipinski definition) is 6. The Morgan fingerprint density at radius 1 is 1.29 bits per heavy atom. The molecule has 1 saturated heterocycles. The lowest BCUT2D eigenvalue weighted by Gasteiger charge is -2.16. The van der Waals surface area contributed by atoms with Crippen LogP contribution >= 0.6 is 0 Å². The number of anilines is 1. The van der Waals surface area contributed by atoms with Crippen molar-refractivity contribution in [3.63, 3.8) is 0 Å². The minimum atomic E-state index is -0.0413. The average Bonchev–Trinajstić information content (AvgIpc) is 3.17. The Hall–Kier alpha value is -2.57. The zero-order valence-electron chi connectivity index (χ0n) is 11.4. The highest BCUT2D eigenvalue weighted by Crippen LogP contribution is 2.38. The molecule has 2 aliphatic rings. The lowest BCUT2D eigenvalue weighted by molar-refractivity contribution is -0.117. The van der Waals surface area contributed by atoms with Gasteiger partial charge < -0.3 is 18.9 Å². The van der Waals surface area contributed by atoms with Crippen LogP contribution in [0.15, 0.2) is 22.7 Å². The second-order valence-electron chi connectivity index (χ2n) is 5.11. The van der Waals surface area contributed by atoms with E-state index in [4.69, 9.17) is 14.0 Å². The van der Waals surface area contributed by atoms with Gasteiger partial charge in [-0.3, -0.25) is 4.79 Å². The fraction of sp³-hybridized carbons (Fsp3) is 0.357. The lowest BCUT2D eigenvalue weighted by atomic mass is 10.1. The molecule has 1 aromatic carbocycles. The topological polar surface area (TPSA) is 77.7 Å². The van der Waals surface area contributed by atoms with E-state index in [0.717, 1.165) is 5.69 Å². The minimum absolute atomic E-state index is 0.0413. The van der Waals surface area contributed by atoms with Crippen molar-refractivity contribution in [2.45, 2.75) is 19.3 Å². The molecule has 0 radical (unpaired) electrons. The Bertz CT molecular complexity index is 712. The van der Waals surface area contributed by atoms with E-state index < -0.39 is 0 Å². The van der Waals surface area contributed by atoms with Gasteiger partial charge in [-0.05, 0) is 12.1 Å². The Kier molecular flexibility index (Phi) is 2.60. The van der Waals surface area contributed by atoms with E-state index in [9.17, 15) is 4.79 Å². The first-order valence-electron chi connectivity index (χ1n) is 6.71. The van der Waals surface area contributed by atoms with E-state index in [-0.39, 0.29) is 18.6 Å². The Balaban J connectivity index is 1.60. The molecule has 108 valence electrons. The molecule has 1 atom stereocenters. The number of carbonyl (C=O) groups is 1. The quantitative estimate of drug-likeness (QED) is 0.835. The summed E-state index contributed by atoms with van der Waals surface area (Å²) in [6.45, 7) is 2.50.